The Labute approximate surface area is 276 Å². The molecular formula is C46H37N. The number of benzene rings is 7. The molecule has 1 heterocycles. The Hall–Kier alpha value is -5.53. The molecule has 0 radical (unpaired) electrons. The van der Waals surface area contributed by atoms with Crippen LogP contribution in [0.5, 0.6) is 0 Å². The van der Waals surface area contributed by atoms with Gasteiger partial charge in [-0.25, -0.2) is 0 Å². The third kappa shape index (κ3) is 4.91. The van der Waals surface area contributed by atoms with Crippen molar-refractivity contribution < 1.29 is 0 Å². The zero-order valence-corrected chi connectivity index (χ0v) is 27.4. The maximum Gasteiger partial charge on any atom is 0.0786 e. The van der Waals surface area contributed by atoms with Crippen LogP contribution in [0.15, 0.2) is 140 Å². The monoisotopic (exact) mass is 603 g/mol. The van der Waals surface area contributed by atoms with Gasteiger partial charge in [-0.1, -0.05) is 141 Å². The van der Waals surface area contributed by atoms with Crippen LogP contribution in [-0.4, -0.2) is 4.98 Å². The largest absolute Gasteiger partial charge is 0.256 e. The summed E-state index contributed by atoms with van der Waals surface area (Å²) >= 11 is 0. The van der Waals surface area contributed by atoms with Crippen molar-refractivity contribution in [3.8, 4) is 22.4 Å². The second-order valence-electron chi connectivity index (χ2n) is 13.0. The number of hydrogen-bond acceptors (Lipinski definition) is 1. The van der Waals surface area contributed by atoms with E-state index in [1.165, 1.54) is 82.0 Å². The van der Waals surface area contributed by atoms with Gasteiger partial charge in [-0.2, -0.15) is 0 Å². The van der Waals surface area contributed by atoms with Crippen LogP contribution in [0.25, 0.3) is 77.1 Å². The predicted molar refractivity (Wildman–Crippen MR) is 204 cm³/mol. The molecule has 8 aromatic rings. The van der Waals surface area contributed by atoms with Crippen LogP contribution in [0.1, 0.15) is 48.9 Å². The lowest BCUT2D eigenvalue weighted by molar-refractivity contribution is 0.863. The molecule has 0 bridgehead atoms. The lowest BCUT2D eigenvalue weighted by Crippen LogP contribution is -1.95. The molecular weight excluding hydrogens is 567 g/mol. The lowest BCUT2D eigenvalue weighted by atomic mass is 9.87. The fourth-order valence-electron chi connectivity index (χ4n) is 7.49. The molecule has 0 aliphatic rings. The van der Waals surface area contributed by atoms with Gasteiger partial charge in [-0.15, -0.1) is 0 Å². The zero-order valence-electron chi connectivity index (χ0n) is 27.4. The molecule has 47 heavy (non-hydrogen) atoms. The Morgan fingerprint density at radius 3 is 2.00 bits per heavy atom. The van der Waals surface area contributed by atoms with E-state index >= 15 is 0 Å². The summed E-state index contributed by atoms with van der Waals surface area (Å²) in [6.07, 6.45) is 4.32. The van der Waals surface area contributed by atoms with E-state index in [1.807, 2.05) is 6.20 Å². The number of hydrogen-bond donors (Lipinski definition) is 0. The highest BCUT2D eigenvalue weighted by atomic mass is 14.7. The van der Waals surface area contributed by atoms with Gasteiger partial charge in [0.2, 0.25) is 0 Å². The summed E-state index contributed by atoms with van der Waals surface area (Å²) in [5.41, 5.74) is 11.3. The molecule has 7 aromatic carbocycles. The molecule has 1 heteroatoms. The summed E-state index contributed by atoms with van der Waals surface area (Å²) in [7, 11) is 0. The number of aromatic nitrogens is 1. The smallest absolute Gasteiger partial charge is 0.0786 e. The third-order valence-electron chi connectivity index (χ3n) is 9.87. The predicted octanol–water partition coefficient (Wildman–Crippen LogP) is 13.0. The molecule has 0 N–H and O–H groups in total. The molecule has 1 nitrogen and oxygen atoms in total. The molecule has 1 aromatic heterocycles. The minimum Gasteiger partial charge on any atom is -0.256 e. The SMILES string of the molecule is C/C(=C\c1c(C)c2ccc(-c3ccc(-c4nccc5ccccc45)c4ccccc34)cc2c2ccccc12)c1ccccc1C(C)C. The van der Waals surface area contributed by atoms with Crippen LogP contribution in [0.2, 0.25) is 0 Å². The highest BCUT2D eigenvalue weighted by molar-refractivity contribution is 6.16. The van der Waals surface area contributed by atoms with Crippen LogP contribution < -0.4 is 0 Å². The van der Waals surface area contributed by atoms with Crippen LogP contribution >= 0.6 is 0 Å². The van der Waals surface area contributed by atoms with Gasteiger partial charge < -0.3 is 0 Å². The number of pyridine rings is 1. The Kier molecular flexibility index (Phi) is 7.18. The summed E-state index contributed by atoms with van der Waals surface area (Å²) in [5.74, 6) is 0.468. The van der Waals surface area contributed by atoms with Crippen LogP contribution in [0.3, 0.4) is 0 Å². The van der Waals surface area contributed by atoms with Crippen molar-refractivity contribution in [3.63, 3.8) is 0 Å². The van der Waals surface area contributed by atoms with Crippen LogP contribution in [0.4, 0.5) is 0 Å². The van der Waals surface area contributed by atoms with Gasteiger partial charge in [0.1, 0.15) is 0 Å². The standard InChI is InChI=1S/C46H37N/c1-29(2)34-14-7-8-15-35(34)30(3)27-44-31(4)36-22-21-33(28-45(36)42-20-12-11-19-41(42)44)37-23-24-43(40-18-10-9-17-39(37)40)46-38-16-6-5-13-32(38)25-26-47-46/h5-29H,1-4H3/b30-27+. The van der Waals surface area contributed by atoms with Crippen LogP contribution in [-0.2, 0) is 0 Å². The maximum absolute atomic E-state index is 4.87. The maximum atomic E-state index is 4.87. The summed E-state index contributed by atoms with van der Waals surface area (Å²) < 4.78 is 0. The normalized spacial score (nSPS) is 12.1. The average Bonchev–Trinajstić information content (AvgIpc) is 3.12. The van der Waals surface area contributed by atoms with Gasteiger partial charge in [0.25, 0.3) is 0 Å². The van der Waals surface area contributed by atoms with E-state index in [0.717, 1.165) is 11.3 Å². The van der Waals surface area contributed by atoms with Crippen molar-refractivity contribution >= 4 is 54.7 Å². The van der Waals surface area contributed by atoms with E-state index in [-0.39, 0.29) is 0 Å². The summed E-state index contributed by atoms with van der Waals surface area (Å²) in [5, 5.41) is 9.99. The Bertz CT molecular complexity index is 2510. The second-order valence-corrected chi connectivity index (χ2v) is 13.0. The van der Waals surface area contributed by atoms with E-state index in [1.54, 1.807) is 0 Å². The first-order valence-electron chi connectivity index (χ1n) is 16.6. The molecule has 0 atom stereocenters. The molecule has 0 aliphatic carbocycles. The Balaban J connectivity index is 1.31. The molecule has 0 aliphatic heterocycles. The minimum atomic E-state index is 0.468. The van der Waals surface area contributed by atoms with E-state index < -0.39 is 0 Å². The number of aryl methyl sites for hydroxylation is 1. The van der Waals surface area contributed by atoms with Crippen molar-refractivity contribution in [1.29, 1.82) is 0 Å². The van der Waals surface area contributed by atoms with Gasteiger partial charge in [-0.05, 0) is 109 Å². The fourth-order valence-corrected chi connectivity index (χ4v) is 7.49. The third-order valence-corrected chi connectivity index (χ3v) is 9.87. The first-order valence-corrected chi connectivity index (χ1v) is 16.6. The number of allylic oxidation sites excluding steroid dienone is 1. The number of fused-ring (bicyclic) bond motifs is 5. The molecule has 0 amide bonds. The topological polar surface area (TPSA) is 12.9 Å². The summed E-state index contributed by atoms with van der Waals surface area (Å²) in [6, 6.07) is 48.7. The first kappa shape index (κ1) is 28.9. The fraction of sp³-hybridized carbons (Fsp3) is 0.109. The van der Waals surface area contributed by atoms with E-state index in [0.29, 0.717) is 5.92 Å². The minimum absolute atomic E-state index is 0.468. The molecule has 226 valence electrons. The van der Waals surface area contributed by atoms with Crippen molar-refractivity contribution in [2.24, 2.45) is 0 Å². The van der Waals surface area contributed by atoms with E-state index in [4.69, 9.17) is 4.98 Å². The first-order chi connectivity index (χ1) is 23.0. The summed E-state index contributed by atoms with van der Waals surface area (Å²) in [4.78, 5) is 4.87. The van der Waals surface area contributed by atoms with Gasteiger partial charge in [0, 0.05) is 17.1 Å². The Morgan fingerprint density at radius 2 is 1.21 bits per heavy atom. The van der Waals surface area contributed by atoms with Crippen molar-refractivity contribution in [2.45, 2.75) is 33.6 Å². The van der Waals surface area contributed by atoms with E-state index in [2.05, 4.69) is 167 Å². The lowest BCUT2D eigenvalue weighted by Gasteiger charge is -2.17. The Morgan fingerprint density at radius 1 is 0.574 bits per heavy atom. The highest BCUT2D eigenvalue weighted by Crippen LogP contribution is 2.41. The molecule has 0 saturated carbocycles. The molecule has 8 rings (SSSR count). The molecule has 0 spiro atoms. The summed E-state index contributed by atoms with van der Waals surface area (Å²) in [6.45, 7) is 9.09. The van der Waals surface area contributed by atoms with Crippen molar-refractivity contribution in [2.75, 3.05) is 0 Å². The van der Waals surface area contributed by atoms with Gasteiger partial charge in [-0.3, -0.25) is 4.98 Å². The second kappa shape index (κ2) is 11.7. The highest BCUT2D eigenvalue weighted by Gasteiger charge is 2.16. The zero-order chi connectivity index (χ0) is 32.1. The molecule has 0 unspecified atom stereocenters. The quantitative estimate of drug-likeness (QED) is 0.141. The van der Waals surface area contributed by atoms with Gasteiger partial charge in [0.15, 0.2) is 0 Å². The van der Waals surface area contributed by atoms with Crippen molar-refractivity contribution in [3.05, 3.63) is 162 Å². The van der Waals surface area contributed by atoms with Crippen LogP contribution in [0, 0.1) is 6.92 Å². The van der Waals surface area contributed by atoms with E-state index in [9.17, 15) is 0 Å². The number of rotatable bonds is 5. The molecule has 0 fully saturated rings. The average molecular weight is 604 g/mol. The molecule has 0 saturated heterocycles. The van der Waals surface area contributed by atoms with Crippen molar-refractivity contribution in [1.82, 2.24) is 4.98 Å². The van der Waals surface area contributed by atoms with Gasteiger partial charge in [0.05, 0.1) is 5.69 Å². The van der Waals surface area contributed by atoms with Gasteiger partial charge >= 0.3 is 0 Å². The number of nitrogens with zero attached hydrogens (tertiary/aromatic N) is 1.